The summed E-state index contributed by atoms with van der Waals surface area (Å²) in [6, 6.07) is 0. The van der Waals surface area contributed by atoms with Crippen molar-refractivity contribution in [2.24, 2.45) is 0 Å². The highest BCUT2D eigenvalue weighted by Gasteiger charge is 2.10. The van der Waals surface area contributed by atoms with E-state index in [0.29, 0.717) is 13.2 Å². The number of carbonyl (C=O) groups excluding carboxylic acids is 1. The van der Waals surface area contributed by atoms with E-state index in [1.807, 2.05) is 20.0 Å². The number of carbonyl (C=O) groups is 1. The summed E-state index contributed by atoms with van der Waals surface area (Å²) in [5.41, 5.74) is 0. The Hall–Kier alpha value is -1.36. The number of aromatic nitrogens is 2. The average Bonchev–Trinajstić information content (AvgIpc) is 2.72. The van der Waals surface area contributed by atoms with Crippen LogP contribution in [0.5, 0.6) is 0 Å². The quantitative estimate of drug-likeness (QED) is 0.658. The Balaban J connectivity index is 2.42. The Morgan fingerprint density at radius 2 is 2.22 bits per heavy atom. The van der Waals surface area contributed by atoms with Crippen LogP contribution in [-0.4, -0.2) is 46.7 Å². The van der Waals surface area contributed by atoms with Crippen LogP contribution in [0.4, 0.5) is 0 Å². The predicted molar refractivity (Wildman–Crippen MR) is 70.3 cm³/mol. The summed E-state index contributed by atoms with van der Waals surface area (Å²) in [4.78, 5) is 17.8. The van der Waals surface area contributed by atoms with E-state index >= 15 is 0 Å². The van der Waals surface area contributed by atoms with Gasteiger partial charge in [-0.3, -0.25) is 9.69 Å². The van der Waals surface area contributed by atoms with Crippen molar-refractivity contribution in [2.75, 3.05) is 26.2 Å². The van der Waals surface area contributed by atoms with E-state index in [1.165, 1.54) is 0 Å². The zero-order chi connectivity index (χ0) is 13.4. The van der Waals surface area contributed by atoms with E-state index in [1.54, 1.807) is 6.20 Å². The van der Waals surface area contributed by atoms with Crippen molar-refractivity contribution in [1.29, 1.82) is 0 Å². The normalized spacial score (nSPS) is 10.9. The number of hydrogen-bond acceptors (Lipinski definition) is 4. The molecule has 0 aromatic carbocycles. The molecule has 18 heavy (non-hydrogen) atoms. The van der Waals surface area contributed by atoms with Gasteiger partial charge in [-0.05, 0) is 26.8 Å². The van der Waals surface area contributed by atoms with Gasteiger partial charge in [-0.2, -0.15) is 0 Å². The highest BCUT2D eigenvalue weighted by molar-refractivity contribution is 5.71. The Morgan fingerprint density at radius 1 is 1.44 bits per heavy atom. The first-order valence-electron chi connectivity index (χ1n) is 6.53. The number of nitrogens with zero attached hydrogens (tertiary/aromatic N) is 3. The molecule has 0 aliphatic heterocycles. The molecular formula is C13H23N3O2. The molecule has 0 bridgehead atoms. The van der Waals surface area contributed by atoms with Gasteiger partial charge in [-0.25, -0.2) is 4.98 Å². The van der Waals surface area contributed by atoms with Crippen molar-refractivity contribution in [3.63, 3.8) is 0 Å². The van der Waals surface area contributed by atoms with Crippen molar-refractivity contribution in [3.8, 4) is 0 Å². The Bertz CT molecular complexity index is 363. The molecule has 102 valence electrons. The second-order valence-electron chi connectivity index (χ2n) is 4.25. The third-order valence-corrected chi connectivity index (χ3v) is 2.78. The lowest BCUT2D eigenvalue weighted by Gasteiger charge is -2.21. The molecule has 0 amide bonds. The molecule has 0 unspecified atom stereocenters. The minimum atomic E-state index is -0.145. The second-order valence-corrected chi connectivity index (χ2v) is 4.25. The summed E-state index contributed by atoms with van der Waals surface area (Å²) >= 11 is 0. The first-order valence-corrected chi connectivity index (χ1v) is 6.53. The van der Waals surface area contributed by atoms with Crippen molar-refractivity contribution in [1.82, 2.24) is 14.5 Å². The van der Waals surface area contributed by atoms with Gasteiger partial charge in [0.1, 0.15) is 5.82 Å². The Kier molecular flexibility index (Phi) is 6.43. The minimum Gasteiger partial charge on any atom is -0.465 e. The van der Waals surface area contributed by atoms with Crippen LogP contribution in [0.2, 0.25) is 0 Å². The number of ether oxygens (including phenoxy) is 1. The number of aryl methyl sites for hydroxylation is 1. The standard InChI is InChI=1S/C13H23N3O2/c1-4-7-15(11-13(17)18-5-2)9-10-16-8-6-14-12(16)3/h6,8H,4-5,7,9-11H2,1-3H3. The molecule has 1 rings (SSSR count). The maximum Gasteiger partial charge on any atom is 0.320 e. The molecule has 1 aromatic rings. The van der Waals surface area contributed by atoms with Crippen LogP contribution in [0.3, 0.4) is 0 Å². The second kappa shape index (κ2) is 7.87. The van der Waals surface area contributed by atoms with Gasteiger partial charge in [-0.15, -0.1) is 0 Å². The average molecular weight is 253 g/mol. The van der Waals surface area contributed by atoms with E-state index < -0.39 is 0 Å². The molecule has 5 nitrogen and oxygen atoms in total. The molecule has 0 saturated heterocycles. The molecule has 5 heteroatoms. The molecule has 1 aromatic heterocycles. The number of esters is 1. The molecule has 0 radical (unpaired) electrons. The van der Waals surface area contributed by atoms with E-state index in [2.05, 4.69) is 21.4 Å². The molecule has 0 saturated carbocycles. The number of imidazole rings is 1. The summed E-state index contributed by atoms with van der Waals surface area (Å²) in [6.07, 6.45) is 4.79. The van der Waals surface area contributed by atoms with Gasteiger partial charge in [0, 0.05) is 25.5 Å². The van der Waals surface area contributed by atoms with Gasteiger partial charge in [-0.1, -0.05) is 6.92 Å². The molecule has 0 fully saturated rings. The molecule has 0 aliphatic carbocycles. The summed E-state index contributed by atoms with van der Waals surface area (Å²) in [5, 5.41) is 0. The van der Waals surface area contributed by atoms with Crippen LogP contribution in [0, 0.1) is 6.92 Å². The number of hydrogen-bond donors (Lipinski definition) is 0. The van der Waals surface area contributed by atoms with Crippen molar-refractivity contribution >= 4 is 5.97 Å². The van der Waals surface area contributed by atoms with E-state index in [0.717, 1.165) is 31.9 Å². The molecule has 1 heterocycles. The van der Waals surface area contributed by atoms with Crippen LogP contribution in [0.1, 0.15) is 26.1 Å². The van der Waals surface area contributed by atoms with Crippen LogP contribution < -0.4 is 0 Å². The maximum absolute atomic E-state index is 11.5. The SMILES string of the molecule is CCCN(CCn1ccnc1C)CC(=O)OCC. The lowest BCUT2D eigenvalue weighted by Crippen LogP contribution is -2.34. The summed E-state index contributed by atoms with van der Waals surface area (Å²) < 4.78 is 7.07. The third kappa shape index (κ3) is 4.87. The monoisotopic (exact) mass is 253 g/mol. The van der Waals surface area contributed by atoms with E-state index in [4.69, 9.17) is 4.74 Å². The largest absolute Gasteiger partial charge is 0.465 e. The smallest absolute Gasteiger partial charge is 0.320 e. The highest BCUT2D eigenvalue weighted by Crippen LogP contribution is 1.99. The topological polar surface area (TPSA) is 47.4 Å². The zero-order valence-corrected chi connectivity index (χ0v) is 11.6. The van der Waals surface area contributed by atoms with Crippen molar-refractivity contribution in [3.05, 3.63) is 18.2 Å². The lowest BCUT2D eigenvalue weighted by atomic mass is 10.4. The first-order chi connectivity index (χ1) is 8.67. The van der Waals surface area contributed by atoms with Gasteiger partial charge in [0.15, 0.2) is 0 Å². The Labute approximate surface area is 109 Å². The third-order valence-electron chi connectivity index (χ3n) is 2.78. The molecule has 0 spiro atoms. The fourth-order valence-corrected chi connectivity index (χ4v) is 1.86. The number of rotatable bonds is 8. The van der Waals surface area contributed by atoms with Gasteiger partial charge in [0.2, 0.25) is 0 Å². The fraction of sp³-hybridized carbons (Fsp3) is 0.692. The van der Waals surface area contributed by atoms with Gasteiger partial charge < -0.3 is 9.30 Å². The molecule has 0 N–H and O–H groups in total. The lowest BCUT2D eigenvalue weighted by molar-refractivity contribution is -0.144. The maximum atomic E-state index is 11.5. The fourth-order valence-electron chi connectivity index (χ4n) is 1.86. The summed E-state index contributed by atoms with van der Waals surface area (Å²) in [6.45, 7) is 9.34. The molecular weight excluding hydrogens is 230 g/mol. The zero-order valence-electron chi connectivity index (χ0n) is 11.6. The predicted octanol–water partition coefficient (Wildman–Crippen LogP) is 1.47. The van der Waals surface area contributed by atoms with E-state index in [-0.39, 0.29) is 5.97 Å². The molecule has 0 atom stereocenters. The van der Waals surface area contributed by atoms with E-state index in [9.17, 15) is 4.79 Å². The summed E-state index contributed by atoms with van der Waals surface area (Å²) in [5.74, 6) is 0.857. The highest BCUT2D eigenvalue weighted by atomic mass is 16.5. The summed E-state index contributed by atoms with van der Waals surface area (Å²) in [7, 11) is 0. The van der Waals surface area contributed by atoms with Crippen LogP contribution in [0.15, 0.2) is 12.4 Å². The van der Waals surface area contributed by atoms with Crippen molar-refractivity contribution < 1.29 is 9.53 Å². The van der Waals surface area contributed by atoms with Crippen LogP contribution >= 0.6 is 0 Å². The van der Waals surface area contributed by atoms with Gasteiger partial charge >= 0.3 is 5.97 Å². The molecule has 0 aliphatic rings. The first kappa shape index (κ1) is 14.7. The van der Waals surface area contributed by atoms with Crippen LogP contribution in [-0.2, 0) is 16.1 Å². The minimum absolute atomic E-state index is 0.145. The van der Waals surface area contributed by atoms with Gasteiger partial charge in [0.05, 0.1) is 13.2 Å². The Morgan fingerprint density at radius 3 is 2.78 bits per heavy atom. The van der Waals surface area contributed by atoms with Gasteiger partial charge in [0.25, 0.3) is 0 Å². The van der Waals surface area contributed by atoms with Crippen LogP contribution in [0.25, 0.3) is 0 Å². The van der Waals surface area contributed by atoms with Crippen molar-refractivity contribution in [2.45, 2.75) is 33.7 Å².